The number of nitrogens with one attached hydrogen (secondary N) is 1. The molecular weight excluding hydrogens is 336 g/mol. The number of nitrogens with zero attached hydrogens (tertiary/aromatic N) is 2. The maximum absolute atomic E-state index is 13.4. The highest BCUT2D eigenvalue weighted by Crippen LogP contribution is 2.25. The maximum atomic E-state index is 13.4. The van der Waals surface area contributed by atoms with Crippen molar-refractivity contribution in [2.75, 3.05) is 31.1 Å². The lowest BCUT2D eigenvalue weighted by molar-refractivity contribution is -0.128. The van der Waals surface area contributed by atoms with Crippen molar-refractivity contribution in [3.05, 3.63) is 29.8 Å². The van der Waals surface area contributed by atoms with E-state index in [1.165, 1.54) is 12.1 Å². The number of hydrogen-bond acceptors (Lipinski definition) is 3. The largest absolute Gasteiger partial charge is 0.371 e. The Morgan fingerprint density at radius 2 is 2.00 bits per heavy atom. The second-order valence-electron chi connectivity index (χ2n) is 7.79. The average Bonchev–Trinajstić information content (AvgIpc) is 3.11. The van der Waals surface area contributed by atoms with Gasteiger partial charge in [-0.15, -0.1) is 0 Å². The lowest BCUT2D eigenvalue weighted by Gasteiger charge is -2.37. The van der Waals surface area contributed by atoms with E-state index in [9.17, 15) is 13.6 Å². The minimum atomic E-state index is -0.820. The molecule has 1 N–H and O–H groups in total. The van der Waals surface area contributed by atoms with Gasteiger partial charge in [0.1, 0.15) is 0 Å². The first kappa shape index (κ1) is 19.1. The van der Waals surface area contributed by atoms with E-state index in [0.29, 0.717) is 24.2 Å². The van der Waals surface area contributed by atoms with E-state index in [1.54, 1.807) is 6.07 Å². The molecule has 2 aliphatic rings. The highest BCUT2D eigenvalue weighted by molar-refractivity contribution is 5.81. The summed E-state index contributed by atoms with van der Waals surface area (Å²) in [7, 11) is 0. The van der Waals surface area contributed by atoms with Crippen molar-refractivity contribution in [2.24, 2.45) is 5.92 Å². The number of benzene rings is 1. The van der Waals surface area contributed by atoms with Gasteiger partial charge in [0.15, 0.2) is 11.6 Å². The molecule has 0 saturated carbocycles. The zero-order chi connectivity index (χ0) is 18.7. The van der Waals surface area contributed by atoms with Gasteiger partial charge in [0.25, 0.3) is 0 Å². The molecule has 0 aromatic heterocycles. The third kappa shape index (κ3) is 4.34. The number of anilines is 1. The first-order valence-corrected chi connectivity index (χ1v) is 9.69. The summed E-state index contributed by atoms with van der Waals surface area (Å²) in [4.78, 5) is 17.0. The van der Waals surface area contributed by atoms with Crippen LogP contribution in [0.4, 0.5) is 14.5 Å². The molecule has 0 bridgehead atoms. The van der Waals surface area contributed by atoms with E-state index in [2.05, 4.69) is 29.0 Å². The van der Waals surface area contributed by atoms with Gasteiger partial charge >= 0.3 is 0 Å². The lowest BCUT2D eigenvalue weighted by Crippen LogP contribution is -2.52. The van der Waals surface area contributed by atoms with Gasteiger partial charge in [-0.3, -0.25) is 9.69 Å². The van der Waals surface area contributed by atoms with E-state index in [4.69, 9.17) is 0 Å². The average molecular weight is 365 g/mol. The van der Waals surface area contributed by atoms with Crippen LogP contribution in [0.1, 0.15) is 39.5 Å². The quantitative estimate of drug-likeness (QED) is 0.871. The van der Waals surface area contributed by atoms with Crippen LogP contribution in [0.3, 0.4) is 0 Å². The fourth-order valence-corrected chi connectivity index (χ4v) is 4.13. The minimum Gasteiger partial charge on any atom is -0.371 e. The molecule has 0 aliphatic carbocycles. The molecule has 0 radical (unpaired) electrons. The second kappa shape index (κ2) is 8.33. The molecule has 1 amide bonds. The van der Waals surface area contributed by atoms with E-state index >= 15 is 0 Å². The number of halogens is 2. The Morgan fingerprint density at radius 1 is 1.19 bits per heavy atom. The van der Waals surface area contributed by atoms with Crippen LogP contribution in [0.5, 0.6) is 0 Å². The van der Waals surface area contributed by atoms with Gasteiger partial charge < -0.3 is 10.2 Å². The Bertz CT molecular complexity index is 637. The molecule has 26 heavy (non-hydrogen) atoms. The van der Waals surface area contributed by atoms with Crippen LogP contribution in [0, 0.1) is 17.6 Å². The molecule has 2 fully saturated rings. The van der Waals surface area contributed by atoms with Gasteiger partial charge in [0.05, 0.1) is 6.04 Å². The molecule has 2 aliphatic heterocycles. The van der Waals surface area contributed by atoms with Crippen molar-refractivity contribution in [3.63, 3.8) is 0 Å². The normalized spacial score (nSPS) is 24.3. The van der Waals surface area contributed by atoms with Crippen molar-refractivity contribution in [1.82, 2.24) is 10.2 Å². The number of piperidine rings is 1. The summed E-state index contributed by atoms with van der Waals surface area (Å²) in [6, 6.07) is 4.39. The summed E-state index contributed by atoms with van der Waals surface area (Å²) >= 11 is 0. The molecule has 4 nitrogen and oxygen atoms in total. The van der Waals surface area contributed by atoms with Crippen LogP contribution in [0.15, 0.2) is 18.2 Å². The maximum Gasteiger partial charge on any atom is 0.237 e. The van der Waals surface area contributed by atoms with Crippen LogP contribution in [-0.4, -0.2) is 49.1 Å². The molecule has 3 rings (SSSR count). The SMILES string of the molecule is CC(C)N1CCCC[C@@H]1C(=O)NC[C@H]1CCN(c2ccc(F)c(F)c2)C1. The Balaban J connectivity index is 1.51. The zero-order valence-corrected chi connectivity index (χ0v) is 15.7. The van der Waals surface area contributed by atoms with Gasteiger partial charge in [-0.1, -0.05) is 6.42 Å². The van der Waals surface area contributed by atoms with Crippen molar-refractivity contribution in [2.45, 2.75) is 51.6 Å². The Morgan fingerprint density at radius 3 is 2.73 bits per heavy atom. The van der Waals surface area contributed by atoms with Gasteiger partial charge in [0.2, 0.25) is 5.91 Å². The van der Waals surface area contributed by atoms with Crippen LogP contribution in [-0.2, 0) is 4.79 Å². The zero-order valence-electron chi connectivity index (χ0n) is 15.7. The summed E-state index contributed by atoms with van der Waals surface area (Å²) < 4.78 is 26.5. The molecular formula is C20H29F2N3O. The third-order valence-corrected chi connectivity index (χ3v) is 5.63. The topological polar surface area (TPSA) is 35.6 Å². The second-order valence-corrected chi connectivity index (χ2v) is 7.79. The van der Waals surface area contributed by atoms with Gasteiger partial charge in [-0.25, -0.2) is 8.78 Å². The fourth-order valence-electron chi connectivity index (χ4n) is 4.13. The van der Waals surface area contributed by atoms with E-state index in [1.807, 2.05) is 0 Å². The highest BCUT2D eigenvalue weighted by atomic mass is 19.2. The molecule has 144 valence electrons. The standard InChI is InChI=1S/C20H29F2N3O/c1-14(2)25-9-4-3-5-19(25)20(26)23-12-15-8-10-24(13-15)16-6-7-17(21)18(22)11-16/h6-7,11,14-15,19H,3-5,8-10,12-13H2,1-2H3,(H,23,26)/t15-,19-/m1/s1. The minimum absolute atomic E-state index is 0.0209. The van der Waals surface area contributed by atoms with Gasteiger partial charge in [-0.05, 0) is 57.7 Å². The summed E-state index contributed by atoms with van der Waals surface area (Å²) in [5.74, 6) is -1.17. The van der Waals surface area contributed by atoms with Crippen LogP contribution in [0.25, 0.3) is 0 Å². The van der Waals surface area contributed by atoms with Crippen molar-refractivity contribution in [1.29, 1.82) is 0 Å². The predicted octanol–water partition coefficient (Wildman–Crippen LogP) is 3.17. The summed E-state index contributed by atoms with van der Waals surface area (Å²) in [5.41, 5.74) is 0.705. The van der Waals surface area contributed by atoms with Gasteiger partial charge in [-0.2, -0.15) is 0 Å². The Kier molecular flexibility index (Phi) is 6.12. The number of carbonyl (C=O) groups excluding carboxylic acids is 1. The Labute approximate surface area is 154 Å². The smallest absolute Gasteiger partial charge is 0.237 e. The molecule has 2 atom stereocenters. The first-order valence-electron chi connectivity index (χ1n) is 9.69. The van der Waals surface area contributed by atoms with Crippen LogP contribution >= 0.6 is 0 Å². The molecule has 0 spiro atoms. The van der Waals surface area contributed by atoms with Gasteiger partial charge in [0, 0.05) is 37.4 Å². The molecule has 1 aromatic carbocycles. The highest BCUT2D eigenvalue weighted by Gasteiger charge is 2.31. The number of carbonyl (C=O) groups is 1. The molecule has 1 aromatic rings. The third-order valence-electron chi connectivity index (χ3n) is 5.63. The molecule has 2 heterocycles. The fraction of sp³-hybridized carbons (Fsp3) is 0.650. The van der Waals surface area contributed by atoms with Crippen molar-refractivity contribution < 1.29 is 13.6 Å². The summed E-state index contributed by atoms with van der Waals surface area (Å²) in [5, 5.41) is 3.13. The monoisotopic (exact) mass is 365 g/mol. The van der Waals surface area contributed by atoms with E-state index in [0.717, 1.165) is 45.3 Å². The van der Waals surface area contributed by atoms with E-state index in [-0.39, 0.29) is 11.9 Å². The summed E-state index contributed by atoms with van der Waals surface area (Å²) in [6.07, 6.45) is 4.13. The van der Waals surface area contributed by atoms with Crippen LogP contribution in [0.2, 0.25) is 0 Å². The number of amides is 1. The number of hydrogen-bond donors (Lipinski definition) is 1. The predicted molar refractivity (Wildman–Crippen MR) is 99.2 cm³/mol. The van der Waals surface area contributed by atoms with Crippen molar-refractivity contribution >= 4 is 11.6 Å². The molecule has 6 heteroatoms. The number of rotatable bonds is 5. The molecule has 2 saturated heterocycles. The summed E-state index contributed by atoms with van der Waals surface area (Å²) in [6.45, 7) is 7.46. The number of likely N-dealkylation sites (tertiary alicyclic amines) is 1. The molecule has 0 unspecified atom stereocenters. The van der Waals surface area contributed by atoms with E-state index < -0.39 is 11.6 Å². The van der Waals surface area contributed by atoms with Crippen molar-refractivity contribution in [3.8, 4) is 0 Å². The lowest BCUT2D eigenvalue weighted by atomic mass is 9.99. The van der Waals surface area contributed by atoms with Crippen LogP contribution < -0.4 is 10.2 Å². The first-order chi connectivity index (χ1) is 12.5. The Hall–Kier alpha value is -1.69.